The summed E-state index contributed by atoms with van der Waals surface area (Å²) >= 11 is 0. The van der Waals surface area contributed by atoms with Gasteiger partial charge in [0.1, 0.15) is 5.82 Å². The highest BCUT2D eigenvalue weighted by Crippen LogP contribution is 2.27. The maximum absolute atomic E-state index is 13.7. The van der Waals surface area contributed by atoms with Crippen molar-refractivity contribution in [2.45, 2.75) is 23.8 Å². The molecule has 0 bridgehead atoms. The lowest BCUT2D eigenvalue weighted by molar-refractivity contribution is 0.185. The first-order valence-electron chi connectivity index (χ1n) is 6.34. The monoisotopic (exact) mass is 300 g/mol. The molecular formula is C13H17FN2O3S. The van der Waals surface area contributed by atoms with Crippen molar-refractivity contribution in [3.05, 3.63) is 24.0 Å². The van der Waals surface area contributed by atoms with Crippen molar-refractivity contribution in [3.8, 4) is 0 Å². The molecule has 7 heteroatoms. The summed E-state index contributed by atoms with van der Waals surface area (Å²) in [7, 11) is -1.40. The zero-order chi connectivity index (χ0) is 14.7. The molecule has 0 spiro atoms. The summed E-state index contributed by atoms with van der Waals surface area (Å²) in [6.07, 6.45) is 3.25. The second-order valence-electron chi connectivity index (χ2n) is 4.68. The summed E-state index contributed by atoms with van der Waals surface area (Å²) in [5.74, 6) is -0.608. The average Bonchev–Trinajstić information content (AvgIpc) is 3.19. The summed E-state index contributed by atoms with van der Waals surface area (Å²) in [6, 6.07) is 3.87. The zero-order valence-corrected chi connectivity index (χ0v) is 12.0. The molecule has 0 heterocycles. The highest BCUT2D eigenvalue weighted by molar-refractivity contribution is 7.84. The number of rotatable bonds is 5. The number of carbonyl (C=O) groups is 1. The minimum Gasteiger partial charge on any atom is -0.395 e. The third kappa shape index (κ3) is 3.55. The maximum atomic E-state index is 13.7. The van der Waals surface area contributed by atoms with Crippen LogP contribution in [0.1, 0.15) is 12.8 Å². The van der Waals surface area contributed by atoms with E-state index < -0.39 is 16.6 Å². The highest BCUT2D eigenvalue weighted by atomic mass is 32.2. The molecule has 0 saturated heterocycles. The van der Waals surface area contributed by atoms with Crippen molar-refractivity contribution in [2.75, 3.05) is 24.7 Å². The number of carbonyl (C=O) groups excluding carboxylic acids is 1. The summed E-state index contributed by atoms with van der Waals surface area (Å²) in [5, 5.41) is 11.5. The van der Waals surface area contributed by atoms with Crippen LogP contribution in [-0.4, -0.2) is 45.7 Å². The lowest BCUT2D eigenvalue weighted by Gasteiger charge is -2.21. The Kier molecular flexibility index (Phi) is 4.72. The maximum Gasteiger partial charge on any atom is 0.322 e. The number of aliphatic hydroxyl groups is 1. The number of anilines is 1. The molecule has 0 radical (unpaired) electrons. The van der Waals surface area contributed by atoms with Gasteiger partial charge in [0, 0.05) is 24.5 Å². The first-order chi connectivity index (χ1) is 9.52. The molecule has 110 valence electrons. The molecule has 2 rings (SSSR count). The molecule has 5 nitrogen and oxygen atoms in total. The van der Waals surface area contributed by atoms with Crippen molar-refractivity contribution in [1.82, 2.24) is 4.90 Å². The molecule has 1 aromatic rings. The Balaban J connectivity index is 2.07. The number of benzene rings is 1. The molecule has 0 aliphatic heterocycles. The van der Waals surface area contributed by atoms with Crippen molar-refractivity contribution in [1.29, 1.82) is 0 Å². The third-order valence-electron chi connectivity index (χ3n) is 3.08. The molecule has 2 amide bonds. The van der Waals surface area contributed by atoms with E-state index in [1.165, 1.54) is 18.4 Å². The number of hydrogen-bond acceptors (Lipinski definition) is 3. The Hall–Kier alpha value is -1.47. The quantitative estimate of drug-likeness (QED) is 0.867. The van der Waals surface area contributed by atoms with Crippen molar-refractivity contribution in [2.24, 2.45) is 0 Å². The van der Waals surface area contributed by atoms with Crippen LogP contribution in [0.25, 0.3) is 0 Å². The predicted octanol–water partition coefficient (Wildman–Crippen LogP) is 1.55. The number of urea groups is 1. The number of amides is 2. The Bertz CT molecular complexity index is 534. The summed E-state index contributed by atoms with van der Waals surface area (Å²) in [6.45, 7) is 0.155. The zero-order valence-electron chi connectivity index (χ0n) is 11.1. The Morgan fingerprint density at radius 3 is 2.75 bits per heavy atom. The van der Waals surface area contributed by atoms with Crippen molar-refractivity contribution < 1.29 is 18.5 Å². The molecule has 1 saturated carbocycles. The smallest absolute Gasteiger partial charge is 0.322 e. The topological polar surface area (TPSA) is 69.6 Å². The Morgan fingerprint density at radius 1 is 1.55 bits per heavy atom. The van der Waals surface area contributed by atoms with E-state index in [1.54, 1.807) is 4.90 Å². The van der Waals surface area contributed by atoms with E-state index in [4.69, 9.17) is 5.11 Å². The van der Waals surface area contributed by atoms with Crippen LogP contribution in [0.3, 0.4) is 0 Å². The normalized spacial score (nSPS) is 15.8. The number of nitrogens with one attached hydrogen (secondary N) is 1. The fourth-order valence-electron chi connectivity index (χ4n) is 1.95. The van der Waals surface area contributed by atoms with Gasteiger partial charge in [0.15, 0.2) is 0 Å². The number of halogens is 1. The Labute approximate surface area is 119 Å². The molecule has 1 unspecified atom stereocenters. The summed E-state index contributed by atoms with van der Waals surface area (Å²) < 4.78 is 24.9. The number of aliphatic hydroxyl groups excluding tert-OH is 1. The SMILES string of the molecule is CS(=O)c1ccc(NC(=O)N(CCO)C2CC2)cc1F. The van der Waals surface area contributed by atoms with Crippen LogP contribution in [0.15, 0.2) is 23.1 Å². The molecule has 1 aliphatic carbocycles. The highest BCUT2D eigenvalue weighted by Gasteiger charge is 2.32. The second-order valence-corrected chi connectivity index (χ2v) is 6.03. The molecule has 1 fully saturated rings. The second kappa shape index (κ2) is 6.32. The van der Waals surface area contributed by atoms with E-state index >= 15 is 0 Å². The fourth-order valence-corrected chi connectivity index (χ4v) is 2.54. The lowest BCUT2D eigenvalue weighted by atomic mass is 10.3. The van der Waals surface area contributed by atoms with Crippen molar-refractivity contribution in [3.63, 3.8) is 0 Å². The van der Waals surface area contributed by atoms with Crippen LogP contribution in [0.5, 0.6) is 0 Å². The minimum atomic E-state index is -1.40. The van der Waals surface area contributed by atoms with Gasteiger partial charge < -0.3 is 15.3 Å². The molecule has 1 aliphatic rings. The first kappa shape index (κ1) is 14.9. The van der Waals surface area contributed by atoms with Crippen LogP contribution in [-0.2, 0) is 10.8 Å². The molecule has 1 atom stereocenters. The van der Waals surface area contributed by atoms with Gasteiger partial charge in [-0.2, -0.15) is 0 Å². The third-order valence-corrected chi connectivity index (χ3v) is 4.03. The molecule has 20 heavy (non-hydrogen) atoms. The van der Waals surface area contributed by atoms with Gasteiger partial charge >= 0.3 is 6.03 Å². The van der Waals surface area contributed by atoms with Gasteiger partial charge in [-0.25, -0.2) is 9.18 Å². The number of nitrogens with zero attached hydrogens (tertiary/aromatic N) is 1. The van der Waals surface area contributed by atoms with E-state index in [0.29, 0.717) is 5.69 Å². The van der Waals surface area contributed by atoms with E-state index in [9.17, 15) is 13.4 Å². The molecular weight excluding hydrogens is 283 g/mol. The Morgan fingerprint density at radius 2 is 2.25 bits per heavy atom. The van der Waals surface area contributed by atoms with Gasteiger partial charge in [0.05, 0.1) is 22.3 Å². The van der Waals surface area contributed by atoms with E-state index in [0.717, 1.165) is 18.9 Å². The van der Waals surface area contributed by atoms with Crippen LogP contribution in [0, 0.1) is 5.82 Å². The summed E-state index contributed by atoms with van der Waals surface area (Å²) in [4.78, 5) is 13.7. The van der Waals surface area contributed by atoms with Gasteiger partial charge in [-0.1, -0.05) is 0 Å². The molecule has 0 aromatic heterocycles. The van der Waals surface area contributed by atoms with Gasteiger partial charge in [-0.3, -0.25) is 4.21 Å². The van der Waals surface area contributed by atoms with Gasteiger partial charge in [0.25, 0.3) is 0 Å². The fraction of sp³-hybridized carbons (Fsp3) is 0.462. The van der Waals surface area contributed by atoms with Gasteiger partial charge in [0.2, 0.25) is 0 Å². The van der Waals surface area contributed by atoms with Gasteiger partial charge in [-0.05, 0) is 31.0 Å². The van der Waals surface area contributed by atoms with Crippen LogP contribution < -0.4 is 5.32 Å². The lowest BCUT2D eigenvalue weighted by Crippen LogP contribution is -2.38. The van der Waals surface area contributed by atoms with Crippen LogP contribution in [0.2, 0.25) is 0 Å². The minimum absolute atomic E-state index is 0.105. The predicted molar refractivity (Wildman–Crippen MR) is 74.6 cm³/mol. The average molecular weight is 300 g/mol. The van der Waals surface area contributed by atoms with E-state index in [2.05, 4.69) is 5.32 Å². The molecule has 2 N–H and O–H groups in total. The molecule has 1 aromatic carbocycles. The van der Waals surface area contributed by atoms with Gasteiger partial charge in [-0.15, -0.1) is 0 Å². The van der Waals surface area contributed by atoms with Crippen LogP contribution in [0.4, 0.5) is 14.9 Å². The standard InChI is InChI=1S/C13H17FN2O3S/c1-20(19)12-5-2-9(8-11(12)14)15-13(18)16(6-7-17)10-3-4-10/h2,5,8,10,17H,3-4,6-7H2,1H3,(H,15,18). The van der Waals surface area contributed by atoms with E-state index in [-0.39, 0.29) is 30.1 Å². The first-order valence-corrected chi connectivity index (χ1v) is 7.90. The summed E-state index contributed by atoms with van der Waals surface area (Å²) in [5.41, 5.74) is 0.310. The van der Waals surface area contributed by atoms with Crippen LogP contribution >= 0.6 is 0 Å². The van der Waals surface area contributed by atoms with Crippen molar-refractivity contribution >= 4 is 22.5 Å². The largest absolute Gasteiger partial charge is 0.395 e. The van der Waals surface area contributed by atoms with E-state index in [1.807, 2.05) is 0 Å². The number of hydrogen-bond donors (Lipinski definition) is 2.